The average Bonchev–Trinajstić information content (AvgIpc) is 2.63. The molecule has 130 valence electrons. The molecule has 1 aromatic carbocycles. The Labute approximate surface area is 140 Å². The normalized spacial score (nSPS) is 9.52. The molecule has 5 heteroatoms. The van der Waals surface area contributed by atoms with E-state index in [0.717, 1.165) is 18.6 Å². The molecule has 0 bridgehead atoms. The van der Waals surface area contributed by atoms with Crippen molar-refractivity contribution in [3.8, 4) is 5.75 Å². The van der Waals surface area contributed by atoms with E-state index in [4.69, 9.17) is 10.1 Å². The maximum absolute atomic E-state index is 11.4. The quantitative estimate of drug-likeness (QED) is 0.671. The molecule has 0 atom stereocenters. The van der Waals surface area contributed by atoms with Crippen molar-refractivity contribution < 1.29 is 9.53 Å². The minimum absolute atomic E-state index is 0.0895. The summed E-state index contributed by atoms with van der Waals surface area (Å²) in [5.74, 6) is 0.680. The molecule has 23 heavy (non-hydrogen) atoms. The number of amides is 1. The Bertz CT molecular complexity index is 442. The summed E-state index contributed by atoms with van der Waals surface area (Å²) >= 11 is 0. The lowest BCUT2D eigenvalue weighted by molar-refractivity contribution is 0.0963. The van der Waals surface area contributed by atoms with Crippen LogP contribution in [0.5, 0.6) is 5.75 Å². The van der Waals surface area contributed by atoms with Crippen molar-refractivity contribution in [3.63, 3.8) is 0 Å². The third kappa shape index (κ3) is 10.1. The first-order chi connectivity index (χ1) is 11.2. The summed E-state index contributed by atoms with van der Waals surface area (Å²) in [7, 11) is 3.50. The molecule has 5 nitrogen and oxygen atoms in total. The second-order valence-electron chi connectivity index (χ2n) is 4.23. The zero-order valence-corrected chi connectivity index (χ0v) is 15.0. The van der Waals surface area contributed by atoms with Crippen molar-refractivity contribution in [2.24, 2.45) is 0 Å². The Morgan fingerprint density at radius 1 is 1.22 bits per heavy atom. The molecular formula is C18H31N3O2. The fourth-order valence-corrected chi connectivity index (χ4v) is 1.73. The van der Waals surface area contributed by atoms with Gasteiger partial charge in [0.2, 0.25) is 0 Å². The van der Waals surface area contributed by atoms with E-state index in [1.54, 1.807) is 19.2 Å². The van der Waals surface area contributed by atoms with Gasteiger partial charge in [-0.2, -0.15) is 0 Å². The third-order valence-corrected chi connectivity index (χ3v) is 2.69. The zero-order chi connectivity index (χ0) is 18.1. The van der Waals surface area contributed by atoms with Crippen molar-refractivity contribution in [1.82, 2.24) is 10.6 Å². The van der Waals surface area contributed by atoms with Gasteiger partial charge in [-0.25, -0.2) is 0 Å². The van der Waals surface area contributed by atoms with Gasteiger partial charge in [0.1, 0.15) is 12.4 Å². The van der Waals surface area contributed by atoms with E-state index in [1.807, 2.05) is 39.2 Å². The van der Waals surface area contributed by atoms with E-state index in [-0.39, 0.29) is 5.91 Å². The van der Waals surface area contributed by atoms with Gasteiger partial charge in [0, 0.05) is 19.7 Å². The van der Waals surface area contributed by atoms with Gasteiger partial charge in [0.15, 0.2) is 0 Å². The molecule has 0 aliphatic heterocycles. The van der Waals surface area contributed by atoms with E-state index >= 15 is 0 Å². The Morgan fingerprint density at radius 3 is 2.22 bits per heavy atom. The predicted molar refractivity (Wildman–Crippen MR) is 98.6 cm³/mol. The van der Waals surface area contributed by atoms with Crippen molar-refractivity contribution >= 4 is 12.6 Å². The fourth-order valence-electron chi connectivity index (χ4n) is 1.73. The number of ether oxygens (including phenoxy) is 1. The van der Waals surface area contributed by atoms with Gasteiger partial charge in [0.25, 0.3) is 5.91 Å². The van der Waals surface area contributed by atoms with Crippen molar-refractivity contribution in [1.29, 1.82) is 5.41 Å². The highest BCUT2D eigenvalue weighted by atomic mass is 16.5. The molecule has 0 unspecified atom stereocenters. The number of nitrogens with one attached hydrogen (secondary N) is 3. The van der Waals surface area contributed by atoms with Gasteiger partial charge in [-0.1, -0.05) is 27.2 Å². The molecule has 0 saturated carbocycles. The lowest BCUT2D eigenvalue weighted by atomic mass is 10.2. The monoisotopic (exact) mass is 321 g/mol. The lowest BCUT2D eigenvalue weighted by Crippen LogP contribution is -2.17. The molecule has 0 aliphatic rings. The molecule has 1 amide bonds. The number of hydrogen-bond donors (Lipinski definition) is 3. The molecule has 3 N–H and O–H groups in total. The summed E-state index contributed by atoms with van der Waals surface area (Å²) in [6, 6.07) is 7.14. The molecule has 0 radical (unpaired) electrons. The summed E-state index contributed by atoms with van der Waals surface area (Å²) in [4.78, 5) is 11.4. The van der Waals surface area contributed by atoms with Crippen molar-refractivity contribution in [3.05, 3.63) is 41.6 Å². The van der Waals surface area contributed by atoms with Crippen molar-refractivity contribution in [2.45, 2.75) is 33.6 Å². The van der Waals surface area contributed by atoms with Gasteiger partial charge in [-0.3, -0.25) is 4.79 Å². The summed E-state index contributed by atoms with van der Waals surface area (Å²) in [5.41, 5.74) is 1.86. The first kappa shape index (κ1) is 23.0. The molecule has 0 aromatic heterocycles. The molecular weight excluding hydrogens is 290 g/mol. The van der Waals surface area contributed by atoms with Crippen LogP contribution in [0.3, 0.4) is 0 Å². The van der Waals surface area contributed by atoms with Crippen LogP contribution < -0.4 is 15.4 Å². The van der Waals surface area contributed by atoms with Crippen molar-refractivity contribution in [2.75, 3.05) is 20.7 Å². The second-order valence-corrected chi connectivity index (χ2v) is 4.23. The SMILES string of the molecule is C=N.CC.CCC/C(=C\NC)COc1ccc(C(=O)NC)cc1. The third-order valence-electron chi connectivity index (χ3n) is 2.69. The molecule has 0 saturated heterocycles. The van der Waals surface area contributed by atoms with E-state index < -0.39 is 0 Å². The Balaban J connectivity index is 0. The molecule has 0 aliphatic carbocycles. The van der Waals surface area contributed by atoms with Crippen LogP contribution in [0.2, 0.25) is 0 Å². The first-order valence-electron chi connectivity index (χ1n) is 7.86. The molecule has 1 rings (SSSR count). The van der Waals surface area contributed by atoms with Crippen LogP contribution in [0.4, 0.5) is 0 Å². The average molecular weight is 321 g/mol. The number of hydrogen-bond acceptors (Lipinski definition) is 4. The molecule has 0 heterocycles. The summed E-state index contributed by atoms with van der Waals surface area (Å²) in [5, 5.41) is 11.1. The Hall–Kier alpha value is -2.30. The van der Waals surface area contributed by atoms with Gasteiger partial charge in [-0.05, 0) is 49.2 Å². The largest absolute Gasteiger partial charge is 0.489 e. The number of carbonyl (C=O) groups is 1. The van der Waals surface area contributed by atoms with Crippen LogP contribution in [-0.2, 0) is 0 Å². The van der Waals surface area contributed by atoms with Crippen LogP contribution in [0.25, 0.3) is 0 Å². The standard InChI is InChI=1S/C15H22N2O2.C2H6.CH3N/c1-4-5-12(10-16-2)11-19-14-8-6-13(7-9-14)15(18)17-3;2*1-2/h6-10,16H,4-5,11H2,1-3H3,(H,17,18);1-2H3;2H,1H2/b12-10+;;. The number of carbonyl (C=O) groups excluding carboxylic acids is 1. The maximum atomic E-state index is 11.4. The second kappa shape index (κ2) is 16.1. The highest BCUT2D eigenvalue weighted by molar-refractivity contribution is 5.94. The van der Waals surface area contributed by atoms with Crippen LogP contribution in [-0.4, -0.2) is 33.3 Å². The van der Waals surface area contributed by atoms with Crippen LogP contribution >= 0.6 is 0 Å². The molecule has 0 fully saturated rings. The fraction of sp³-hybridized carbons (Fsp3) is 0.444. The van der Waals surface area contributed by atoms with Gasteiger partial charge >= 0.3 is 0 Å². The maximum Gasteiger partial charge on any atom is 0.251 e. The highest BCUT2D eigenvalue weighted by Crippen LogP contribution is 2.14. The van der Waals surface area contributed by atoms with E-state index in [9.17, 15) is 4.79 Å². The topological polar surface area (TPSA) is 74.2 Å². The summed E-state index contributed by atoms with van der Waals surface area (Å²) in [6.45, 7) is 9.20. The molecule has 1 aromatic rings. The summed E-state index contributed by atoms with van der Waals surface area (Å²) < 4.78 is 5.70. The highest BCUT2D eigenvalue weighted by Gasteiger charge is 2.03. The van der Waals surface area contributed by atoms with Crippen LogP contribution in [0.15, 0.2) is 36.0 Å². The van der Waals surface area contributed by atoms with Gasteiger partial charge in [0.05, 0.1) is 0 Å². The van der Waals surface area contributed by atoms with Crippen LogP contribution in [0.1, 0.15) is 44.0 Å². The van der Waals surface area contributed by atoms with E-state index in [0.29, 0.717) is 12.2 Å². The summed E-state index contributed by atoms with van der Waals surface area (Å²) in [6.07, 6.45) is 4.08. The zero-order valence-electron chi connectivity index (χ0n) is 15.0. The van der Waals surface area contributed by atoms with Gasteiger partial charge in [-0.15, -0.1) is 0 Å². The van der Waals surface area contributed by atoms with Gasteiger partial charge < -0.3 is 20.8 Å². The first-order valence-corrected chi connectivity index (χ1v) is 7.86. The molecule has 0 spiro atoms. The number of benzene rings is 1. The Morgan fingerprint density at radius 2 is 1.78 bits per heavy atom. The predicted octanol–water partition coefficient (Wildman–Crippen LogP) is 3.62. The smallest absolute Gasteiger partial charge is 0.251 e. The number of rotatable bonds is 7. The van der Waals surface area contributed by atoms with Crippen LogP contribution in [0, 0.1) is 5.41 Å². The Kier molecular flexibility index (Phi) is 16.1. The lowest BCUT2D eigenvalue weighted by Gasteiger charge is -2.10. The van der Waals surface area contributed by atoms with E-state index in [2.05, 4.69) is 24.3 Å². The minimum Gasteiger partial charge on any atom is -0.489 e. The minimum atomic E-state index is -0.0895. The van der Waals surface area contributed by atoms with E-state index in [1.165, 1.54) is 5.57 Å².